The Morgan fingerprint density at radius 3 is 2.73 bits per heavy atom. The van der Waals surface area contributed by atoms with E-state index in [1.165, 1.54) is 19.3 Å². The number of aliphatic hydroxyl groups is 1. The summed E-state index contributed by atoms with van der Waals surface area (Å²) in [5.41, 5.74) is 0.706. The van der Waals surface area contributed by atoms with Gasteiger partial charge in [0.15, 0.2) is 5.78 Å². The third kappa shape index (κ3) is 4.82. The zero-order valence-corrected chi connectivity index (χ0v) is 13.6. The number of ether oxygens (including phenoxy) is 1. The lowest BCUT2D eigenvalue weighted by Gasteiger charge is -2.34. The van der Waals surface area contributed by atoms with Crippen molar-refractivity contribution in [1.82, 2.24) is 4.90 Å². The van der Waals surface area contributed by atoms with Gasteiger partial charge in [-0.15, -0.1) is 0 Å². The fourth-order valence-electron chi connectivity index (χ4n) is 2.89. The summed E-state index contributed by atoms with van der Waals surface area (Å²) < 4.78 is 5.62. The summed E-state index contributed by atoms with van der Waals surface area (Å²) in [4.78, 5) is 13.9. The average molecular weight is 305 g/mol. The highest BCUT2D eigenvalue weighted by molar-refractivity contribution is 5.95. The smallest absolute Gasteiger partial charge is 0.162 e. The summed E-state index contributed by atoms with van der Waals surface area (Å²) in [6.45, 7) is 6.07. The molecule has 0 aliphatic carbocycles. The van der Waals surface area contributed by atoms with Gasteiger partial charge in [0.1, 0.15) is 18.5 Å². The monoisotopic (exact) mass is 305 g/mol. The fourth-order valence-corrected chi connectivity index (χ4v) is 2.89. The summed E-state index contributed by atoms with van der Waals surface area (Å²) in [5.74, 6) is 0.823. The molecule has 1 aliphatic rings. The molecule has 0 spiro atoms. The first-order valence-electron chi connectivity index (χ1n) is 8.28. The second-order valence-electron chi connectivity index (χ2n) is 6.11. The Morgan fingerprint density at radius 1 is 1.36 bits per heavy atom. The molecule has 4 nitrogen and oxygen atoms in total. The highest BCUT2D eigenvalue weighted by Gasteiger charge is 2.20. The molecule has 1 N–H and O–H groups in total. The van der Waals surface area contributed by atoms with Crippen LogP contribution in [0.2, 0.25) is 0 Å². The van der Waals surface area contributed by atoms with Crippen molar-refractivity contribution < 1.29 is 14.6 Å². The van der Waals surface area contributed by atoms with E-state index in [2.05, 4.69) is 11.8 Å². The zero-order valence-electron chi connectivity index (χ0n) is 13.6. The molecule has 0 amide bonds. The lowest BCUT2D eigenvalue weighted by atomic mass is 10.0. The van der Waals surface area contributed by atoms with Crippen LogP contribution in [0.1, 0.15) is 49.9 Å². The summed E-state index contributed by atoms with van der Waals surface area (Å²) in [6, 6.07) is 7.68. The first-order valence-corrected chi connectivity index (χ1v) is 8.28. The number of aliphatic hydroxyl groups excluding tert-OH is 1. The molecule has 4 heteroatoms. The fraction of sp³-hybridized carbons (Fsp3) is 0.611. The van der Waals surface area contributed by atoms with Gasteiger partial charge in [0, 0.05) is 24.6 Å². The quantitative estimate of drug-likeness (QED) is 0.787. The number of benzene rings is 1. The number of carbonyl (C=O) groups is 1. The van der Waals surface area contributed by atoms with Gasteiger partial charge in [-0.1, -0.05) is 13.3 Å². The second-order valence-corrected chi connectivity index (χ2v) is 6.11. The minimum absolute atomic E-state index is 0.130. The topological polar surface area (TPSA) is 49.8 Å². The van der Waals surface area contributed by atoms with Crippen LogP contribution in [-0.4, -0.2) is 47.6 Å². The van der Waals surface area contributed by atoms with E-state index in [1.54, 1.807) is 24.3 Å². The molecule has 0 radical (unpaired) electrons. The van der Waals surface area contributed by atoms with Gasteiger partial charge in [-0.25, -0.2) is 0 Å². The molecule has 1 aromatic carbocycles. The number of rotatable bonds is 7. The van der Waals surface area contributed by atoms with Crippen LogP contribution >= 0.6 is 0 Å². The molecular weight excluding hydrogens is 278 g/mol. The highest BCUT2D eigenvalue weighted by Crippen LogP contribution is 2.17. The van der Waals surface area contributed by atoms with E-state index in [4.69, 9.17) is 4.74 Å². The lowest BCUT2D eigenvalue weighted by Crippen LogP contribution is -2.43. The Bertz CT molecular complexity index is 472. The summed E-state index contributed by atoms with van der Waals surface area (Å²) in [7, 11) is 0. The summed E-state index contributed by atoms with van der Waals surface area (Å²) >= 11 is 0. The Hall–Kier alpha value is -1.39. The van der Waals surface area contributed by atoms with Gasteiger partial charge in [-0.05, 0) is 50.6 Å². The van der Waals surface area contributed by atoms with E-state index >= 15 is 0 Å². The van der Waals surface area contributed by atoms with Crippen LogP contribution in [0.25, 0.3) is 0 Å². The molecule has 0 saturated carbocycles. The molecule has 1 heterocycles. The predicted molar refractivity (Wildman–Crippen MR) is 87.5 cm³/mol. The minimum atomic E-state index is -0.488. The SMILES string of the molecule is CCC(=O)c1ccc(OCC(O)CN2CCCCC2C)cc1. The second kappa shape index (κ2) is 8.30. The maximum Gasteiger partial charge on any atom is 0.162 e. The molecule has 0 aromatic heterocycles. The molecule has 2 rings (SSSR count). The van der Waals surface area contributed by atoms with Gasteiger partial charge in [0.25, 0.3) is 0 Å². The molecule has 1 aliphatic heterocycles. The van der Waals surface area contributed by atoms with E-state index in [-0.39, 0.29) is 12.4 Å². The zero-order chi connectivity index (χ0) is 15.9. The van der Waals surface area contributed by atoms with Crippen molar-refractivity contribution in [3.63, 3.8) is 0 Å². The average Bonchev–Trinajstić information content (AvgIpc) is 2.55. The number of hydrogen-bond donors (Lipinski definition) is 1. The number of nitrogens with zero attached hydrogens (tertiary/aromatic N) is 1. The predicted octanol–water partition coefficient (Wildman–Crippen LogP) is 2.89. The van der Waals surface area contributed by atoms with E-state index < -0.39 is 6.10 Å². The van der Waals surface area contributed by atoms with Crippen LogP contribution < -0.4 is 4.74 Å². The van der Waals surface area contributed by atoms with Gasteiger partial charge in [-0.3, -0.25) is 9.69 Å². The number of Topliss-reactive ketones (excluding diaryl/α,β-unsaturated/α-hetero) is 1. The van der Waals surface area contributed by atoms with Gasteiger partial charge >= 0.3 is 0 Å². The van der Waals surface area contributed by atoms with Crippen LogP contribution in [0, 0.1) is 0 Å². The summed E-state index contributed by atoms with van der Waals surface area (Å²) in [6.07, 6.45) is 3.73. The maximum atomic E-state index is 11.6. The van der Waals surface area contributed by atoms with Gasteiger partial charge < -0.3 is 9.84 Å². The van der Waals surface area contributed by atoms with E-state index in [0.29, 0.717) is 30.3 Å². The molecular formula is C18H27NO3. The highest BCUT2D eigenvalue weighted by atomic mass is 16.5. The van der Waals surface area contributed by atoms with Crippen LogP contribution in [0.5, 0.6) is 5.75 Å². The number of ketones is 1. The third-order valence-electron chi connectivity index (χ3n) is 4.33. The van der Waals surface area contributed by atoms with Gasteiger partial charge in [0.2, 0.25) is 0 Å². The number of carbonyl (C=O) groups excluding carboxylic acids is 1. The number of β-amino-alcohol motifs (C(OH)–C–C–N with tert-alkyl or cyclic N) is 1. The van der Waals surface area contributed by atoms with Crippen molar-refractivity contribution in [2.24, 2.45) is 0 Å². The van der Waals surface area contributed by atoms with Crippen molar-refractivity contribution in [2.45, 2.75) is 51.7 Å². The number of hydrogen-bond acceptors (Lipinski definition) is 4. The molecule has 0 bridgehead atoms. The van der Waals surface area contributed by atoms with Crippen LogP contribution in [0.15, 0.2) is 24.3 Å². The van der Waals surface area contributed by atoms with Crippen LogP contribution in [-0.2, 0) is 0 Å². The molecule has 2 atom stereocenters. The van der Waals surface area contributed by atoms with Crippen molar-refractivity contribution in [1.29, 1.82) is 0 Å². The van der Waals surface area contributed by atoms with Crippen LogP contribution in [0.4, 0.5) is 0 Å². The molecule has 122 valence electrons. The Labute approximate surface area is 133 Å². The summed E-state index contributed by atoms with van der Waals surface area (Å²) in [5, 5.41) is 10.1. The van der Waals surface area contributed by atoms with E-state index in [0.717, 1.165) is 6.54 Å². The standard InChI is InChI=1S/C18H27NO3/c1-3-18(21)15-7-9-17(10-8-15)22-13-16(20)12-19-11-5-4-6-14(19)2/h7-10,14,16,20H,3-6,11-13H2,1-2H3. The molecule has 22 heavy (non-hydrogen) atoms. The van der Waals surface area contributed by atoms with Crippen molar-refractivity contribution in [3.05, 3.63) is 29.8 Å². The first-order chi connectivity index (χ1) is 10.6. The molecule has 1 aromatic rings. The Morgan fingerprint density at radius 2 is 2.09 bits per heavy atom. The largest absolute Gasteiger partial charge is 0.491 e. The van der Waals surface area contributed by atoms with Crippen LogP contribution in [0.3, 0.4) is 0 Å². The molecule has 1 saturated heterocycles. The van der Waals surface area contributed by atoms with Gasteiger partial charge in [-0.2, -0.15) is 0 Å². The molecule has 2 unspecified atom stereocenters. The first kappa shape index (κ1) is 17.0. The third-order valence-corrected chi connectivity index (χ3v) is 4.33. The normalized spacial score (nSPS) is 20.6. The Balaban J connectivity index is 1.78. The van der Waals surface area contributed by atoms with E-state index in [1.807, 2.05) is 6.92 Å². The van der Waals surface area contributed by atoms with Crippen molar-refractivity contribution in [3.8, 4) is 5.75 Å². The van der Waals surface area contributed by atoms with E-state index in [9.17, 15) is 9.90 Å². The van der Waals surface area contributed by atoms with Crippen molar-refractivity contribution >= 4 is 5.78 Å². The van der Waals surface area contributed by atoms with Crippen molar-refractivity contribution in [2.75, 3.05) is 19.7 Å². The van der Waals surface area contributed by atoms with Gasteiger partial charge in [0.05, 0.1) is 0 Å². The number of likely N-dealkylation sites (tertiary alicyclic amines) is 1. The number of piperidine rings is 1. The molecule has 1 fully saturated rings. The Kier molecular flexibility index (Phi) is 6.40. The lowest BCUT2D eigenvalue weighted by molar-refractivity contribution is 0.0438. The maximum absolute atomic E-state index is 11.6. The minimum Gasteiger partial charge on any atom is -0.491 e.